The number of pyridine rings is 1. The maximum atomic E-state index is 12.5. The van der Waals surface area contributed by atoms with Gasteiger partial charge >= 0.3 is 0 Å². The molecule has 112 valence electrons. The summed E-state index contributed by atoms with van der Waals surface area (Å²) in [6, 6.07) is 9.16. The van der Waals surface area contributed by atoms with Crippen LogP contribution in [0.25, 0.3) is 0 Å². The predicted molar refractivity (Wildman–Crippen MR) is 82.4 cm³/mol. The lowest BCUT2D eigenvalue weighted by Crippen LogP contribution is -2.26. The molecule has 2 aromatic rings. The predicted octanol–water partition coefficient (Wildman–Crippen LogP) is 1.91. The monoisotopic (exact) mass is 295 g/mol. The third kappa shape index (κ3) is 2.70. The van der Waals surface area contributed by atoms with Crippen LogP contribution >= 0.6 is 0 Å². The first kappa shape index (κ1) is 14.3. The summed E-state index contributed by atoms with van der Waals surface area (Å²) in [5.74, 6) is -0.224. The molecule has 1 aliphatic rings. The molecule has 5 nitrogen and oxygen atoms in total. The van der Waals surface area contributed by atoms with Crippen LogP contribution in [0.4, 0.5) is 0 Å². The minimum Gasteiger partial charge on any atom is -0.348 e. The first-order valence-electron chi connectivity index (χ1n) is 7.13. The lowest BCUT2D eigenvalue weighted by Gasteiger charge is -2.17. The second kappa shape index (κ2) is 5.60. The smallest absolute Gasteiger partial charge is 0.253 e. The number of carbonyl (C=O) groups excluding carboxylic acids is 2. The van der Waals surface area contributed by atoms with Crippen LogP contribution in [0, 0.1) is 6.92 Å². The Morgan fingerprint density at radius 1 is 1.32 bits per heavy atom. The van der Waals surface area contributed by atoms with Gasteiger partial charge in [0.1, 0.15) is 0 Å². The van der Waals surface area contributed by atoms with Gasteiger partial charge in [-0.3, -0.25) is 14.6 Å². The van der Waals surface area contributed by atoms with E-state index in [2.05, 4.69) is 10.3 Å². The van der Waals surface area contributed by atoms with Crippen molar-refractivity contribution in [3.8, 4) is 0 Å². The summed E-state index contributed by atoms with van der Waals surface area (Å²) in [6.07, 6.45) is 1.77. The molecule has 0 aliphatic carbocycles. The van der Waals surface area contributed by atoms with E-state index in [0.29, 0.717) is 24.2 Å². The molecule has 5 heteroatoms. The van der Waals surface area contributed by atoms with Crippen molar-refractivity contribution in [3.63, 3.8) is 0 Å². The van der Waals surface area contributed by atoms with Gasteiger partial charge in [0.2, 0.25) is 0 Å². The highest BCUT2D eigenvalue weighted by atomic mass is 16.2. The van der Waals surface area contributed by atoms with Crippen molar-refractivity contribution in [3.05, 3.63) is 64.5 Å². The number of hydrogen-bond acceptors (Lipinski definition) is 3. The first-order valence-corrected chi connectivity index (χ1v) is 7.13. The van der Waals surface area contributed by atoms with Crippen LogP contribution in [0.3, 0.4) is 0 Å². The molecule has 22 heavy (non-hydrogen) atoms. The zero-order valence-electron chi connectivity index (χ0n) is 12.6. The Hall–Kier alpha value is -2.69. The fraction of sp³-hybridized carbons (Fsp3) is 0.235. The molecule has 0 bridgehead atoms. The summed E-state index contributed by atoms with van der Waals surface area (Å²) >= 11 is 0. The third-order valence-corrected chi connectivity index (χ3v) is 3.78. The molecule has 3 rings (SSSR count). The Labute approximate surface area is 129 Å². The molecule has 0 radical (unpaired) electrons. The van der Waals surface area contributed by atoms with Crippen molar-refractivity contribution >= 4 is 11.8 Å². The SMILES string of the molecule is Cc1ccc(CN(C)C(=O)c2ccc3c(c2)C(=O)NC3)cn1. The number of fused-ring (bicyclic) bond motifs is 1. The molecular weight excluding hydrogens is 278 g/mol. The highest BCUT2D eigenvalue weighted by Crippen LogP contribution is 2.18. The Kier molecular flexibility index (Phi) is 3.63. The van der Waals surface area contributed by atoms with Crippen molar-refractivity contribution in [1.82, 2.24) is 15.2 Å². The molecule has 2 heterocycles. The van der Waals surface area contributed by atoms with Gasteiger partial charge in [-0.15, -0.1) is 0 Å². The number of aromatic nitrogens is 1. The summed E-state index contributed by atoms with van der Waals surface area (Å²) in [6.45, 7) is 2.94. The highest BCUT2D eigenvalue weighted by molar-refractivity contribution is 6.02. The summed E-state index contributed by atoms with van der Waals surface area (Å²) in [5, 5.41) is 2.75. The minimum atomic E-state index is -0.116. The van der Waals surface area contributed by atoms with Crippen LogP contribution in [0.1, 0.15) is 37.5 Å². The Morgan fingerprint density at radius 2 is 2.14 bits per heavy atom. The molecule has 1 aromatic carbocycles. The molecular formula is C17H17N3O2. The molecule has 0 spiro atoms. The molecule has 1 aromatic heterocycles. The highest BCUT2D eigenvalue weighted by Gasteiger charge is 2.21. The molecule has 0 unspecified atom stereocenters. The number of hydrogen-bond donors (Lipinski definition) is 1. The van der Waals surface area contributed by atoms with E-state index in [1.54, 1.807) is 30.3 Å². The minimum absolute atomic E-state index is 0.108. The van der Waals surface area contributed by atoms with Crippen LogP contribution in [0.15, 0.2) is 36.5 Å². The van der Waals surface area contributed by atoms with E-state index in [9.17, 15) is 9.59 Å². The van der Waals surface area contributed by atoms with E-state index in [4.69, 9.17) is 0 Å². The number of nitrogens with one attached hydrogen (secondary N) is 1. The first-order chi connectivity index (χ1) is 10.5. The fourth-order valence-electron chi connectivity index (χ4n) is 2.50. The number of benzene rings is 1. The van der Waals surface area contributed by atoms with Gasteiger partial charge in [0.05, 0.1) is 0 Å². The Balaban J connectivity index is 1.77. The van der Waals surface area contributed by atoms with Crippen LogP contribution in [-0.2, 0) is 13.1 Å². The molecule has 1 N–H and O–H groups in total. The van der Waals surface area contributed by atoms with Crippen molar-refractivity contribution < 1.29 is 9.59 Å². The van der Waals surface area contributed by atoms with Gasteiger partial charge in [-0.2, -0.15) is 0 Å². The van der Waals surface area contributed by atoms with Gasteiger partial charge < -0.3 is 10.2 Å². The number of rotatable bonds is 3. The van der Waals surface area contributed by atoms with Gasteiger partial charge in [-0.1, -0.05) is 12.1 Å². The molecule has 0 saturated carbocycles. The fourth-order valence-corrected chi connectivity index (χ4v) is 2.50. The van der Waals surface area contributed by atoms with Crippen molar-refractivity contribution in [2.45, 2.75) is 20.0 Å². The van der Waals surface area contributed by atoms with Crippen molar-refractivity contribution in [2.24, 2.45) is 0 Å². The second-order valence-electron chi connectivity index (χ2n) is 5.52. The number of amides is 2. The van der Waals surface area contributed by atoms with E-state index in [1.807, 2.05) is 25.1 Å². The molecule has 0 atom stereocenters. The number of carbonyl (C=O) groups is 2. The quantitative estimate of drug-likeness (QED) is 0.941. The number of nitrogens with zero attached hydrogens (tertiary/aromatic N) is 2. The molecule has 1 aliphatic heterocycles. The average Bonchev–Trinajstić information content (AvgIpc) is 2.89. The summed E-state index contributed by atoms with van der Waals surface area (Å²) < 4.78 is 0. The van der Waals surface area contributed by atoms with Gasteiger partial charge in [0, 0.05) is 43.2 Å². The van der Waals surface area contributed by atoms with Crippen LogP contribution in [0.2, 0.25) is 0 Å². The van der Waals surface area contributed by atoms with Crippen LogP contribution in [-0.4, -0.2) is 28.7 Å². The second-order valence-corrected chi connectivity index (χ2v) is 5.52. The maximum absolute atomic E-state index is 12.5. The van der Waals surface area contributed by atoms with Crippen molar-refractivity contribution in [1.29, 1.82) is 0 Å². The molecule has 2 amide bonds. The van der Waals surface area contributed by atoms with Crippen LogP contribution in [0.5, 0.6) is 0 Å². The van der Waals surface area contributed by atoms with E-state index in [1.165, 1.54) is 0 Å². The third-order valence-electron chi connectivity index (χ3n) is 3.78. The topological polar surface area (TPSA) is 62.3 Å². The van der Waals surface area contributed by atoms with E-state index in [-0.39, 0.29) is 11.8 Å². The molecule has 0 fully saturated rings. The normalized spacial score (nSPS) is 12.7. The standard InChI is InChI=1S/C17H17N3O2/c1-11-3-4-12(8-18-11)10-20(2)17(22)13-5-6-14-9-19-16(21)15(14)7-13/h3-8H,9-10H2,1-2H3,(H,19,21). The van der Waals surface area contributed by atoms with Gasteiger partial charge in [0.15, 0.2) is 0 Å². The Bertz CT molecular complexity index is 738. The zero-order chi connectivity index (χ0) is 15.7. The van der Waals surface area contributed by atoms with E-state index < -0.39 is 0 Å². The molecule has 0 saturated heterocycles. The largest absolute Gasteiger partial charge is 0.348 e. The van der Waals surface area contributed by atoms with E-state index in [0.717, 1.165) is 16.8 Å². The van der Waals surface area contributed by atoms with Gasteiger partial charge in [0.25, 0.3) is 11.8 Å². The number of aryl methyl sites for hydroxylation is 1. The van der Waals surface area contributed by atoms with Gasteiger partial charge in [-0.05, 0) is 36.2 Å². The maximum Gasteiger partial charge on any atom is 0.253 e. The lowest BCUT2D eigenvalue weighted by molar-refractivity contribution is 0.0785. The summed E-state index contributed by atoms with van der Waals surface area (Å²) in [4.78, 5) is 30.0. The average molecular weight is 295 g/mol. The summed E-state index contributed by atoms with van der Waals surface area (Å²) in [5.41, 5.74) is 3.98. The Morgan fingerprint density at radius 3 is 2.86 bits per heavy atom. The van der Waals surface area contributed by atoms with Crippen LogP contribution < -0.4 is 5.32 Å². The van der Waals surface area contributed by atoms with Gasteiger partial charge in [-0.25, -0.2) is 0 Å². The van der Waals surface area contributed by atoms with E-state index >= 15 is 0 Å². The zero-order valence-corrected chi connectivity index (χ0v) is 12.6. The van der Waals surface area contributed by atoms with Crippen molar-refractivity contribution in [2.75, 3.05) is 7.05 Å². The summed E-state index contributed by atoms with van der Waals surface area (Å²) in [7, 11) is 1.75. The lowest BCUT2D eigenvalue weighted by atomic mass is 10.1.